The zero-order valence-electron chi connectivity index (χ0n) is 7.83. The molecule has 0 bridgehead atoms. The van der Waals surface area contributed by atoms with Crippen LogP contribution in [0.5, 0.6) is 0 Å². The molecule has 0 aliphatic carbocycles. The first kappa shape index (κ1) is 15.2. The lowest BCUT2D eigenvalue weighted by molar-refractivity contribution is -0.389. The lowest BCUT2D eigenvalue weighted by atomic mass is 10.5. The lowest BCUT2D eigenvalue weighted by Crippen LogP contribution is -2.21. The van der Waals surface area contributed by atoms with Gasteiger partial charge in [-0.25, -0.2) is 0 Å². The Morgan fingerprint density at radius 3 is 2.00 bits per heavy atom. The number of nitro groups is 1. The summed E-state index contributed by atoms with van der Waals surface area (Å²) in [4.78, 5) is 12.9. The molecular formula is C6H5F3N2O5S. The standard InChI is InChI=1S/C5H4N2O2.CHF3O3S/c8-7(9)5-3-1-2-4-6-5;2-1(3,4)8(5,6)7/h1-4H;(H,5,6,7). The van der Waals surface area contributed by atoms with Gasteiger partial charge < -0.3 is 10.1 Å². The van der Waals surface area contributed by atoms with Crippen LogP contribution >= 0.6 is 0 Å². The first-order chi connectivity index (χ1) is 7.55. The zero-order valence-corrected chi connectivity index (χ0v) is 8.64. The van der Waals surface area contributed by atoms with Gasteiger partial charge in [-0.15, -0.1) is 0 Å². The number of hydrogen-bond acceptors (Lipinski definition) is 5. The SMILES string of the molecule is O=S(=O)(O)C(F)(F)F.O=[N+]([O-])c1ccccn1. The number of halogens is 3. The Kier molecular flexibility index (Phi) is 4.97. The van der Waals surface area contributed by atoms with Crippen LogP contribution in [0, 0.1) is 10.1 Å². The van der Waals surface area contributed by atoms with E-state index in [4.69, 9.17) is 13.0 Å². The Balaban J connectivity index is 0.000000304. The molecule has 0 aliphatic rings. The van der Waals surface area contributed by atoms with Crippen molar-refractivity contribution in [2.24, 2.45) is 0 Å². The van der Waals surface area contributed by atoms with Gasteiger partial charge in [-0.2, -0.15) is 21.6 Å². The number of pyridine rings is 1. The fourth-order valence-electron chi connectivity index (χ4n) is 0.462. The molecular weight excluding hydrogens is 269 g/mol. The molecule has 17 heavy (non-hydrogen) atoms. The predicted molar refractivity (Wildman–Crippen MR) is 48.5 cm³/mol. The Morgan fingerprint density at radius 1 is 1.35 bits per heavy atom. The van der Waals surface area contributed by atoms with E-state index in [1.54, 1.807) is 12.1 Å². The topological polar surface area (TPSA) is 110 Å². The molecule has 0 aromatic carbocycles. The predicted octanol–water partition coefficient (Wildman–Crippen LogP) is 1.38. The van der Waals surface area contributed by atoms with Crippen LogP contribution in [0.4, 0.5) is 19.0 Å². The van der Waals surface area contributed by atoms with Crippen LogP contribution in [0.3, 0.4) is 0 Å². The van der Waals surface area contributed by atoms with Gasteiger partial charge in [0.25, 0.3) is 0 Å². The van der Waals surface area contributed by atoms with Crippen LogP contribution in [0.2, 0.25) is 0 Å². The molecule has 0 unspecified atom stereocenters. The van der Waals surface area contributed by atoms with E-state index in [0.717, 1.165) is 0 Å². The van der Waals surface area contributed by atoms with E-state index in [1.165, 1.54) is 12.3 Å². The molecule has 1 N–H and O–H groups in total. The third-order valence-electron chi connectivity index (χ3n) is 1.13. The van der Waals surface area contributed by atoms with Crippen molar-refractivity contribution < 1.29 is 31.1 Å². The maximum absolute atomic E-state index is 10.7. The zero-order chi connectivity index (χ0) is 13.7. The molecule has 0 amide bonds. The fraction of sp³-hybridized carbons (Fsp3) is 0.167. The highest BCUT2D eigenvalue weighted by atomic mass is 32.2. The first-order valence-corrected chi connectivity index (χ1v) is 5.09. The number of nitrogens with zero attached hydrogens (tertiary/aromatic N) is 2. The van der Waals surface area contributed by atoms with E-state index in [9.17, 15) is 23.3 Å². The summed E-state index contributed by atoms with van der Waals surface area (Å²) in [5.74, 6) is -0.113. The van der Waals surface area contributed by atoms with Gasteiger partial charge in [0.1, 0.15) is 6.20 Å². The van der Waals surface area contributed by atoms with Crippen LogP contribution in [0.15, 0.2) is 24.4 Å². The Hall–Kier alpha value is -1.75. The first-order valence-electron chi connectivity index (χ1n) is 3.65. The normalized spacial score (nSPS) is 11.3. The van der Waals surface area contributed by atoms with Gasteiger partial charge in [0.15, 0.2) is 0 Å². The minimum Gasteiger partial charge on any atom is -0.358 e. The van der Waals surface area contributed by atoms with E-state index < -0.39 is 20.5 Å². The molecule has 0 fully saturated rings. The molecule has 96 valence electrons. The molecule has 0 atom stereocenters. The second-order valence-corrected chi connectivity index (χ2v) is 3.78. The summed E-state index contributed by atoms with van der Waals surface area (Å²) in [5.41, 5.74) is -5.53. The second-order valence-electron chi connectivity index (χ2n) is 2.37. The minimum atomic E-state index is -5.84. The van der Waals surface area contributed by atoms with Crippen molar-refractivity contribution in [3.05, 3.63) is 34.5 Å². The van der Waals surface area contributed by atoms with Crippen LogP contribution in [0.1, 0.15) is 0 Å². The molecule has 0 radical (unpaired) electrons. The summed E-state index contributed by atoms with van der Waals surface area (Å²) in [6.45, 7) is 0. The van der Waals surface area contributed by atoms with E-state index >= 15 is 0 Å². The summed E-state index contributed by atoms with van der Waals surface area (Å²) in [7, 11) is -5.84. The van der Waals surface area contributed by atoms with Crippen molar-refractivity contribution in [1.82, 2.24) is 4.98 Å². The monoisotopic (exact) mass is 274 g/mol. The highest BCUT2D eigenvalue weighted by Gasteiger charge is 2.44. The van der Waals surface area contributed by atoms with E-state index in [-0.39, 0.29) is 5.82 Å². The molecule has 1 aromatic heterocycles. The molecule has 1 rings (SSSR count). The number of hydrogen-bond donors (Lipinski definition) is 1. The van der Waals surface area contributed by atoms with E-state index in [1.807, 2.05) is 0 Å². The smallest absolute Gasteiger partial charge is 0.358 e. The van der Waals surface area contributed by atoms with Crippen molar-refractivity contribution in [1.29, 1.82) is 0 Å². The summed E-state index contributed by atoms with van der Waals surface area (Å²) in [5, 5.41) is 9.94. The summed E-state index contributed by atoms with van der Waals surface area (Å²) in [6, 6.07) is 4.55. The highest BCUT2D eigenvalue weighted by Crippen LogP contribution is 2.20. The molecule has 1 heterocycles. The Bertz CT molecular complexity index is 472. The molecule has 11 heteroatoms. The van der Waals surface area contributed by atoms with Crippen LogP contribution in [-0.2, 0) is 10.1 Å². The van der Waals surface area contributed by atoms with Gasteiger partial charge in [-0.05, 0) is 16.0 Å². The fourth-order valence-corrected chi connectivity index (χ4v) is 0.462. The van der Waals surface area contributed by atoms with Crippen molar-refractivity contribution in [2.75, 3.05) is 0 Å². The minimum absolute atomic E-state index is 0.113. The van der Waals surface area contributed by atoms with Crippen LogP contribution < -0.4 is 0 Å². The van der Waals surface area contributed by atoms with Crippen LogP contribution in [-0.4, -0.2) is 28.4 Å². The molecule has 7 nitrogen and oxygen atoms in total. The lowest BCUT2D eigenvalue weighted by Gasteiger charge is -1.97. The number of alkyl halides is 3. The van der Waals surface area contributed by atoms with Gasteiger partial charge in [0, 0.05) is 6.07 Å². The molecule has 0 saturated heterocycles. The summed E-state index contributed by atoms with van der Waals surface area (Å²) in [6.07, 6.45) is 1.39. The maximum atomic E-state index is 10.7. The van der Waals surface area contributed by atoms with Gasteiger partial charge in [-0.1, -0.05) is 6.07 Å². The number of aromatic nitrogens is 1. The molecule has 0 aliphatic heterocycles. The van der Waals surface area contributed by atoms with Gasteiger partial charge in [0.05, 0.1) is 0 Å². The third kappa shape index (κ3) is 5.77. The van der Waals surface area contributed by atoms with Gasteiger partial charge >= 0.3 is 21.4 Å². The largest absolute Gasteiger partial charge is 0.522 e. The summed E-state index contributed by atoms with van der Waals surface area (Å²) < 4.78 is 57.5. The van der Waals surface area contributed by atoms with Crippen molar-refractivity contribution in [3.63, 3.8) is 0 Å². The molecule has 1 aromatic rings. The van der Waals surface area contributed by atoms with E-state index in [2.05, 4.69) is 4.98 Å². The quantitative estimate of drug-likeness (QED) is 0.358. The average molecular weight is 274 g/mol. The summed E-state index contributed by atoms with van der Waals surface area (Å²) >= 11 is 0. The number of rotatable bonds is 1. The maximum Gasteiger partial charge on any atom is 0.522 e. The van der Waals surface area contributed by atoms with Gasteiger partial charge in [0.2, 0.25) is 0 Å². The van der Waals surface area contributed by atoms with Crippen molar-refractivity contribution in [2.45, 2.75) is 5.51 Å². The Morgan fingerprint density at radius 2 is 1.82 bits per heavy atom. The molecule has 0 spiro atoms. The van der Waals surface area contributed by atoms with E-state index in [0.29, 0.717) is 0 Å². The third-order valence-corrected chi connectivity index (χ3v) is 1.71. The highest BCUT2D eigenvalue weighted by molar-refractivity contribution is 7.86. The van der Waals surface area contributed by atoms with Crippen molar-refractivity contribution in [3.8, 4) is 0 Å². The van der Waals surface area contributed by atoms with Gasteiger partial charge in [-0.3, -0.25) is 4.55 Å². The average Bonchev–Trinajstić information content (AvgIpc) is 2.17. The Labute approximate surface area is 92.8 Å². The van der Waals surface area contributed by atoms with Crippen LogP contribution in [0.25, 0.3) is 0 Å². The van der Waals surface area contributed by atoms with Crippen molar-refractivity contribution >= 4 is 15.9 Å². The molecule has 0 saturated carbocycles. The second kappa shape index (κ2) is 5.54.